The number of Topliss-reactive ketones (excluding diaryl/α,β-unsaturated/α-hetero) is 1. The van der Waals surface area contributed by atoms with Crippen molar-refractivity contribution < 1.29 is 14.7 Å². The number of hydrogen-bond donors (Lipinski definition) is 1. The summed E-state index contributed by atoms with van der Waals surface area (Å²) in [5.41, 5.74) is 3.13. The van der Waals surface area contributed by atoms with Crippen molar-refractivity contribution in [3.63, 3.8) is 0 Å². The van der Waals surface area contributed by atoms with Gasteiger partial charge in [0.25, 0.3) is 11.7 Å². The van der Waals surface area contributed by atoms with E-state index < -0.39 is 17.7 Å². The largest absolute Gasteiger partial charge is 0.507 e. The normalized spacial score (nSPS) is 18.1. The second-order valence-electron chi connectivity index (χ2n) is 9.17. The molecule has 0 saturated carbocycles. The molecule has 1 amide bonds. The smallest absolute Gasteiger partial charge is 0.295 e. The maximum atomic E-state index is 13.1. The number of aliphatic hydroxyl groups excluding tert-OH is 1. The lowest BCUT2D eigenvalue weighted by Gasteiger charge is -2.26. The first-order chi connectivity index (χ1) is 15.7. The molecule has 0 aliphatic carbocycles. The van der Waals surface area contributed by atoms with Crippen molar-refractivity contribution in [2.75, 3.05) is 0 Å². The second-order valence-corrected chi connectivity index (χ2v) is 9.60. The fourth-order valence-corrected chi connectivity index (χ4v) is 4.13. The molecule has 1 fully saturated rings. The average Bonchev–Trinajstić information content (AvgIpc) is 3.04. The van der Waals surface area contributed by atoms with Crippen molar-refractivity contribution in [2.45, 2.75) is 38.8 Å². The van der Waals surface area contributed by atoms with E-state index in [1.807, 2.05) is 30.3 Å². The summed E-state index contributed by atoms with van der Waals surface area (Å²) in [6.07, 6.45) is 3.32. The maximum absolute atomic E-state index is 13.1. The van der Waals surface area contributed by atoms with Crippen LogP contribution in [-0.4, -0.2) is 26.7 Å². The predicted molar refractivity (Wildman–Crippen MR) is 129 cm³/mol. The van der Waals surface area contributed by atoms with Crippen LogP contribution in [0.15, 0.2) is 78.6 Å². The monoisotopic (exact) mass is 460 g/mol. The molecule has 1 aliphatic rings. The number of rotatable bonds is 4. The Hall–Kier alpha value is -3.44. The Morgan fingerprint density at radius 1 is 1.03 bits per heavy atom. The van der Waals surface area contributed by atoms with Crippen molar-refractivity contribution in [3.05, 3.63) is 106 Å². The van der Waals surface area contributed by atoms with E-state index in [4.69, 9.17) is 11.6 Å². The summed E-state index contributed by atoms with van der Waals surface area (Å²) in [6.45, 7) is 6.56. The van der Waals surface area contributed by atoms with Crippen LogP contribution in [0.4, 0.5) is 0 Å². The van der Waals surface area contributed by atoms with E-state index in [9.17, 15) is 14.7 Å². The van der Waals surface area contributed by atoms with E-state index in [1.165, 1.54) is 4.90 Å². The molecule has 1 aliphatic heterocycles. The van der Waals surface area contributed by atoms with Crippen LogP contribution < -0.4 is 0 Å². The molecule has 0 radical (unpaired) electrons. The Morgan fingerprint density at radius 3 is 2.27 bits per heavy atom. The molecular weight excluding hydrogens is 436 g/mol. The van der Waals surface area contributed by atoms with Gasteiger partial charge >= 0.3 is 0 Å². The van der Waals surface area contributed by atoms with Crippen molar-refractivity contribution in [1.82, 2.24) is 9.88 Å². The van der Waals surface area contributed by atoms with E-state index in [0.717, 1.165) is 16.7 Å². The number of nitrogens with zero attached hydrogens (tertiary/aromatic N) is 2. The number of ketones is 1. The van der Waals surface area contributed by atoms with Gasteiger partial charge in [0, 0.05) is 29.5 Å². The number of carbonyl (C=O) groups is 2. The first-order valence-corrected chi connectivity index (χ1v) is 11.1. The van der Waals surface area contributed by atoms with Gasteiger partial charge in [-0.3, -0.25) is 14.6 Å². The fraction of sp³-hybridized carbons (Fsp3) is 0.222. The Bertz CT molecular complexity index is 1210. The zero-order valence-electron chi connectivity index (χ0n) is 18.7. The van der Waals surface area contributed by atoms with E-state index in [2.05, 4.69) is 25.8 Å². The fourth-order valence-electron chi connectivity index (χ4n) is 4.01. The van der Waals surface area contributed by atoms with E-state index in [-0.39, 0.29) is 23.3 Å². The van der Waals surface area contributed by atoms with Crippen LogP contribution in [0.5, 0.6) is 0 Å². The molecule has 2 aromatic carbocycles. The summed E-state index contributed by atoms with van der Waals surface area (Å²) in [6, 6.07) is 17.3. The van der Waals surface area contributed by atoms with Crippen LogP contribution in [0.25, 0.3) is 5.76 Å². The van der Waals surface area contributed by atoms with Crippen LogP contribution in [0, 0.1) is 0 Å². The van der Waals surface area contributed by atoms with Crippen LogP contribution >= 0.6 is 11.6 Å². The molecule has 3 aromatic rings. The molecule has 33 heavy (non-hydrogen) atoms. The number of aromatic nitrogens is 1. The lowest BCUT2D eigenvalue weighted by Crippen LogP contribution is -2.29. The summed E-state index contributed by atoms with van der Waals surface area (Å²) in [5, 5.41) is 11.6. The Morgan fingerprint density at radius 2 is 1.70 bits per heavy atom. The van der Waals surface area contributed by atoms with Gasteiger partial charge in [-0.15, -0.1) is 0 Å². The summed E-state index contributed by atoms with van der Waals surface area (Å²) in [4.78, 5) is 31.9. The molecule has 6 heteroatoms. The third-order valence-electron chi connectivity index (χ3n) is 5.83. The zero-order chi connectivity index (χ0) is 23.8. The molecule has 0 unspecified atom stereocenters. The van der Waals surface area contributed by atoms with E-state index in [0.29, 0.717) is 10.6 Å². The van der Waals surface area contributed by atoms with Crippen LogP contribution in [0.1, 0.15) is 49.1 Å². The number of halogens is 1. The van der Waals surface area contributed by atoms with Crippen molar-refractivity contribution in [2.24, 2.45) is 0 Å². The van der Waals surface area contributed by atoms with Gasteiger partial charge in [0.2, 0.25) is 0 Å². The van der Waals surface area contributed by atoms with Crippen LogP contribution in [0.2, 0.25) is 5.02 Å². The first kappa shape index (κ1) is 22.7. The summed E-state index contributed by atoms with van der Waals surface area (Å²) < 4.78 is 0. The summed E-state index contributed by atoms with van der Waals surface area (Å²) in [7, 11) is 0. The molecule has 4 rings (SSSR count). The lowest BCUT2D eigenvalue weighted by molar-refractivity contribution is -0.140. The second kappa shape index (κ2) is 8.83. The number of carbonyl (C=O) groups excluding carboxylic acids is 2. The van der Waals surface area contributed by atoms with Gasteiger partial charge in [-0.25, -0.2) is 0 Å². The number of likely N-dealkylation sites (tertiary alicyclic amines) is 1. The third-order valence-corrected chi connectivity index (χ3v) is 6.08. The zero-order valence-corrected chi connectivity index (χ0v) is 19.5. The molecule has 0 bridgehead atoms. The minimum Gasteiger partial charge on any atom is -0.507 e. The molecule has 5 nitrogen and oxygen atoms in total. The van der Waals surface area contributed by atoms with E-state index in [1.54, 1.807) is 42.7 Å². The number of hydrogen-bond acceptors (Lipinski definition) is 4. The lowest BCUT2D eigenvalue weighted by atomic mass is 9.85. The minimum atomic E-state index is -0.727. The molecule has 168 valence electrons. The maximum Gasteiger partial charge on any atom is 0.295 e. The predicted octanol–water partition coefficient (Wildman–Crippen LogP) is 5.65. The highest BCUT2D eigenvalue weighted by molar-refractivity contribution is 6.46. The van der Waals surface area contributed by atoms with Gasteiger partial charge in [-0.05, 0) is 52.4 Å². The topological polar surface area (TPSA) is 70.5 Å². The average molecular weight is 461 g/mol. The Labute approximate surface area is 198 Å². The summed E-state index contributed by atoms with van der Waals surface area (Å²) in [5.74, 6) is -1.58. The quantitative estimate of drug-likeness (QED) is 0.310. The van der Waals surface area contributed by atoms with Crippen molar-refractivity contribution in [1.29, 1.82) is 0 Å². The molecule has 1 aromatic heterocycles. The van der Waals surface area contributed by atoms with Crippen molar-refractivity contribution >= 4 is 29.1 Å². The number of pyridine rings is 1. The number of aliphatic hydroxyl groups is 1. The molecule has 1 N–H and O–H groups in total. The highest BCUT2D eigenvalue weighted by atomic mass is 35.5. The summed E-state index contributed by atoms with van der Waals surface area (Å²) >= 11 is 5.98. The van der Waals surface area contributed by atoms with Gasteiger partial charge < -0.3 is 10.0 Å². The van der Waals surface area contributed by atoms with Crippen LogP contribution in [0.3, 0.4) is 0 Å². The third kappa shape index (κ3) is 4.55. The highest BCUT2D eigenvalue weighted by Crippen LogP contribution is 2.40. The molecule has 1 atom stereocenters. The number of amides is 1. The van der Waals surface area contributed by atoms with Crippen molar-refractivity contribution in [3.8, 4) is 0 Å². The Balaban J connectivity index is 1.85. The molecule has 1 saturated heterocycles. The van der Waals surface area contributed by atoms with Crippen LogP contribution in [-0.2, 0) is 21.5 Å². The SMILES string of the molecule is CC(C)(C)c1ccc([C@H]2C(=C(O)c3ccc(Cl)cc3)C(=O)C(=O)N2Cc2cccnc2)cc1. The molecule has 0 spiro atoms. The van der Waals surface area contributed by atoms with Gasteiger partial charge in [0.1, 0.15) is 5.76 Å². The Kier molecular flexibility index (Phi) is 6.09. The van der Waals surface area contributed by atoms with Gasteiger partial charge in [-0.2, -0.15) is 0 Å². The molecular formula is C27H25ClN2O3. The van der Waals surface area contributed by atoms with Gasteiger partial charge in [-0.1, -0.05) is 62.7 Å². The highest BCUT2D eigenvalue weighted by Gasteiger charge is 2.46. The minimum absolute atomic E-state index is 0.0423. The van der Waals surface area contributed by atoms with E-state index >= 15 is 0 Å². The standard InChI is InChI=1S/C27H25ClN2O3/c1-27(2,3)20-10-6-18(7-11-20)23-22(24(31)19-8-12-21(28)13-9-19)25(32)26(33)30(23)16-17-5-4-14-29-15-17/h4-15,23,31H,16H2,1-3H3/t23-/m0/s1. The number of benzene rings is 2. The van der Waals surface area contributed by atoms with Gasteiger partial charge in [0.05, 0.1) is 11.6 Å². The van der Waals surface area contributed by atoms with Gasteiger partial charge in [0.15, 0.2) is 0 Å². The molecule has 2 heterocycles. The first-order valence-electron chi connectivity index (χ1n) is 10.7.